The van der Waals surface area contributed by atoms with E-state index in [0.717, 1.165) is 17.0 Å². The van der Waals surface area contributed by atoms with Gasteiger partial charge in [-0.3, -0.25) is 19.5 Å². The molecule has 1 atom stereocenters. The third-order valence-electron chi connectivity index (χ3n) is 5.29. The number of aliphatic hydroxyl groups excluding tert-OH is 1. The van der Waals surface area contributed by atoms with Crippen LogP contribution in [0.1, 0.15) is 22.7 Å². The molecule has 1 N–H and O–H groups in total. The van der Waals surface area contributed by atoms with Gasteiger partial charge in [0.05, 0.1) is 29.3 Å². The first-order chi connectivity index (χ1) is 15.7. The van der Waals surface area contributed by atoms with Crippen LogP contribution < -0.4 is 9.64 Å². The van der Waals surface area contributed by atoms with Crippen LogP contribution in [-0.2, 0) is 9.59 Å². The molecular weight excluding hydrogens is 454 g/mol. The monoisotopic (exact) mass is 470 g/mol. The maximum atomic E-state index is 14.0. The molecule has 0 radical (unpaired) electrons. The van der Waals surface area contributed by atoms with E-state index in [-0.39, 0.29) is 27.6 Å². The lowest BCUT2D eigenvalue weighted by molar-refractivity contribution is -0.132. The van der Waals surface area contributed by atoms with Crippen molar-refractivity contribution in [2.75, 3.05) is 12.0 Å². The molecule has 0 saturated carbocycles. The molecule has 1 saturated heterocycles. The van der Waals surface area contributed by atoms with E-state index in [4.69, 9.17) is 16.3 Å². The number of ketones is 1. The summed E-state index contributed by atoms with van der Waals surface area (Å²) in [5.74, 6) is -4.69. The van der Waals surface area contributed by atoms with Gasteiger partial charge in [-0.25, -0.2) is 8.78 Å². The average Bonchev–Trinajstić information content (AvgIpc) is 3.06. The Bertz CT molecular complexity index is 1310. The van der Waals surface area contributed by atoms with Crippen molar-refractivity contribution in [1.82, 2.24) is 4.98 Å². The fourth-order valence-corrected chi connectivity index (χ4v) is 4.20. The zero-order valence-corrected chi connectivity index (χ0v) is 18.2. The maximum Gasteiger partial charge on any atom is 0.300 e. The van der Waals surface area contributed by atoms with Crippen LogP contribution in [0.5, 0.6) is 5.75 Å². The van der Waals surface area contributed by atoms with Crippen LogP contribution in [0.15, 0.2) is 60.4 Å². The SMILES string of the molecule is COc1c(Cl)cc(C)cc1/C(O)=C1\C(=O)C(=O)N(c2ccc(F)c(F)c2)C1c1ccncc1. The number of benzene rings is 2. The molecule has 9 heteroatoms. The summed E-state index contributed by atoms with van der Waals surface area (Å²) in [5.41, 5.74) is 0.915. The van der Waals surface area contributed by atoms with E-state index in [0.29, 0.717) is 11.1 Å². The first kappa shape index (κ1) is 22.4. The zero-order chi connectivity index (χ0) is 23.9. The molecule has 4 rings (SSSR count). The maximum absolute atomic E-state index is 14.0. The number of hydrogen-bond donors (Lipinski definition) is 1. The summed E-state index contributed by atoms with van der Waals surface area (Å²) >= 11 is 6.25. The number of amides is 1. The Kier molecular flexibility index (Phi) is 5.86. The second-order valence-corrected chi connectivity index (χ2v) is 7.78. The number of nitrogens with zero attached hydrogens (tertiary/aromatic N) is 2. The fraction of sp³-hybridized carbons (Fsp3) is 0.125. The number of carbonyl (C=O) groups excluding carboxylic acids is 2. The topological polar surface area (TPSA) is 79.7 Å². The van der Waals surface area contributed by atoms with Gasteiger partial charge in [-0.05, 0) is 54.4 Å². The molecule has 1 aliphatic heterocycles. The summed E-state index contributed by atoms with van der Waals surface area (Å²) in [5, 5.41) is 11.5. The summed E-state index contributed by atoms with van der Waals surface area (Å²) in [6.07, 6.45) is 2.90. The number of pyridine rings is 1. The van der Waals surface area contributed by atoms with Crippen molar-refractivity contribution in [3.63, 3.8) is 0 Å². The minimum atomic E-state index is -1.19. The van der Waals surface area contributed by atoms with E-state index in [2.05, 4.69) is 4.98 Å². The molecule has 6 nitrogen and oxygen atoms in total. The highest BCUT2D eigenvalue weighted by Crippen LogP contribution is 2.44. The Morgan fingerprint density at radius 2 is 1.79 bits per heavy atom. The Labute approximate surface area is 192 Å². The Balaban J connectivity index is 2.00. The van der Waals surface area contributed by atoms with Crippen LogP contribution in [-0.4, -0.2) is 28.9 Å². The van der Waals surface area contributed by atoms with Crippen LogP contribution in [0.4, 0.5) is 14.5 Å². The third-order valence-corrected chi connectivity index (χ3v) is 5.58. The molecule has 3 aromatic rings. The highest BCUT2D eigenvalue weighted by molar-refractivity contribution is 6.51. The molecular formula is C24H17ClF2N2O4. The molecule has 33 heavy (non-hydrogen) atoms. The van der Waals surface area contributed by atoms with E-state index < -0.39 is 35.1 Å². The average molecular weight is 471 g/mol. The number of aliphatic hydroxyl groups is 1. The van der Waals surface area contributed by atoms with Gasteiger partial charge in [-0.15, -0.1) is 0 Å². The second kappa shape index (κ2) is 8.63. The molecule has 0 aliphatic carbocycles. The number of Topliss-reactive ketones (excluding diaryl/α,β-unsaturated/α-hetero) is 1. The number of halogens is 3. The van der Waals surface area contributed by atoms with Crippen molar-refractivity contribution < 1.29 is 28.2 Å². The first-order valence-electron chi connectivity index (χ1n) is 9.75. The predicted molar refractivity (Wildman–Crippen MR) is 118 cm³/mol. The number of methoxy groups -OCH3 is 1. The number of rotatable bonds is 4. The first-order valence-corrected chi connectivity index (χ1v) is 10.1. The molecule has 168 valence electrons. The molecule has 1 aromatic heterocycles. The molecule has 0 bridgehead atoms. The van der Waals surface area contributed by atoms with Crippen molar-refractivity contribution in [2.24, 2.45) is 0 Å². The quantitative estimate of drug-likeness (QED) is 0.331. The largest absolute Gasteiger partial charge is 0.507 e. The molecule has 1 fully saturated rings. The highest BCUT2D eigenvalue weighted by atomic mass is 35.5. The lowest BCUT2D eigenvalue weighted by Crippen LogP contribution is -2.29. The van der Waals surface area contributed by atoms with Gasteiger partial charge in [0.25, 0.3) is 11.7 Å². The Morgan fingerprint density at radius 3 is 2.42 bits per heavy atom. The van der Waals surface area contributed by atoms with Crippen molar-refractivity contribution >= 4 is 34.7 Å². The van der Waals surface area contributed by atoms with E-state index in [1.54, 1.807) is 31.2 Å². The molecule has 1 amide bonds. The number of aryl methyl sites for hydroxylation is 1. The van der Waals surface area contributed by atoms with Crippen molar-refractivity contribution in [3.05, 3.63) is 93.8 Å². The van der Waals surface area contributed by atoms with Crippen LogP contribution in [0.2, 0.25) is 5.02 Å². The number of ether oxygens (including phenoxy) is 1. The van der Waals surface area contributed by atoms with Crippen LogP contribution in [0.25, 0.3) is 5.76 Å². The molecule has 2 aromatic carbocycles. The smallest absolute Gasteiger partial charge is 0.300 e. The van der Waals surface area contributed by atoms with Crippen LogP contribution >= 0.6 is 11.6 Å². The summed E-state index contributed by atoms with van der Waals surface area (Å²) < 4.78 is 32.8. The van der Waals surface area contributed by atoms with Gasteiger partial charge >= 0.3 is 0 Å². The van der Waals surface area contributed by atoms with Gasteiger partial charge in [-0.2, -0.15) is 0 Å². The van der Waals surface area contributed by atoms with E-state index in [1.165, 1.54) is 25.6 Å². The molecule has 1 aliphatic rings. The normalized spacial score (nSPS) is 17.5. The number of anilines is 1. The minimum Gasteiger partial charge on any atom is -0.507 e. The number of hydrogen-bond acceptors (Lipinski definition) is 5. The zero-order valence-electron chi connectivity index (χ0n) is 17.5. The molecule has 0 spiro atoms. The van der Waals surface area contributed by atoms with Crippen LogP contribution in [0.3, 0.4) is 0 Å². The predicted octanol–water partition coefficient (Wildman–Crippen LogP) is 4.96. The summed E-state index contributed by atoms with van der Waals surface area (Å²) in [6, 6.07) is 8.01. The van der Waals surface area contributed by atoms with Gasteiger partial charge < -0.3 is 9.84 Å². The van der Waals surface area contributed by atoms with Gasteiger partial charge in [-0.1, -0.05) is 11.6 Å². The molecule has 2 heterocycles. The number of carbonyl (C=O) groups is 2. The lowest BCUT2D eigenvalue weighted by Gasteiger charge is -2.25. The summed E-state index contributed by atoms with van der Waals surface area (Å²) in [4.78, 5) is 31.2. The second-order valence-electron chi connectivity index (χ2n) is 7.38. The Morgan fingerprint density at radius 1 is 1.09 bits per heavy atom. The van der Waals surface area contributed by atoms with Crippen molar-refractivity contribution in [2.45, 2.75) is 13.0 Å². The Hall–Kier alpha value is -3.78. The highest BCUT2D eigenvalue weighted by Gasteiger charge is 2.47. The van der Waals surface area contributed by atoms with Crippen molar-refractivity contribution in [3.8, 4) is 5.75 Å². The van der Waals surface area contributed by atoms with Gasteiger partial charge in [0.1, 0.15) is 11.5 Å². The molecule has 1 unspecified atom stereocenters. The summed E-state index contributed by atoms with van der Waals surface area (Å²) in [6.45, 7) is 1.74. The summed E-state index contributed by atoms with van der Waals surface area (Å²) in [7, 11) is 1.35. The van der Waals surface area contributed by atoms with Crippen LogP contribution in [0, 0.1) is 18.6 Å². The third kappa shape index (κ3) is 3.82. The van der Waals surface area contributed by atoms with Gasteiger partial charge in [0.2, 0.25) is 0 Å². The van der Waals surface area contributed by atoms with E-state index in [9.17, 15) is 23.5 Å². The number of aromatic nitrogens is 1. The van der Waals surface area contributed by atoms with Gasteiger partial charge in [0, 0.05) is 24.1 Å². The van der Waals surface area contributed by atoms with Crippen molar-refractivity contribution in [1.29, 1.82) is 0 Å². The van der Waals surface area contributed by atoms with E-state index in [1.807, 2.05) is 0 Å². The van der Waals surface area contributed by atoms with E-state index >= 15 is 0 Å². The fourth-order valence-electron chi connectivity index (χ4n) is 3.85. The standard InChI is InChI=1S/C24H17ClF2N2O4/c1-12-9-15(23(33-2)16(25)10-12)21(30)19-20(13-5-7-28-8-6-13)29(24(32)22(19)31)14-3-4-17(26)18(27)11-14/h3-11,20,30H,1-2H3/b21-19+. The van der Waals surface area contributed by atoms with Gasteiger partial charge in [0.15, 0.2) is 11.6 Å². The lowest BCUT2D eigenvalue weighted by atomic mass is 9.95. The minimum absolute atomic E-state index is 0.0499.